The Bertz CT molecular complexity index is 199. The molecule has 0 atom stereocenters. The zero-order valence-electron chi connectivity index (χ0n) is 9.75. The average molecular weight is 216 g/mol. The highest BCUT2D eigenvalue weighted by Gasteiger charge is 2.29. The monoisotopic (exact) mass is 216 g/mol. The summed E-state index contributed by atoms with van der Waals surface area (Å²) in [6.07, 6.45) is 1.64. The van der Waals surface area contributed by atoms with Crippen LogP contribution in [0.2, 0.25) is 0 Å². The standard InChI is InChI=1S/C11H20O4/c1-5-7-13-9-14-8-11(3,4)10(12)15-6-2/h5H,1,6-9H2,2-4H3. The summed E-state index contributed by atoms with van der Waals surface area (Å²) in [6, 6.07) is 0. The van der Waals surface area contributed by atoms with Gasteiger partial charge in [-0.2, -0.15) is 0 Å². The summed E-state index contributed by atoms with van der Waals surface area (Å²) in [5, 5.41) is 0. The van der Waals surface area contributed by atoms with Crippen LogP contribution in [0.5, 0.6) is 0 Å². The van der Waals surface area contributed by atoms with Gasteiger partial charge in [-0.3, -0.25) is 4.79 Å². The van der Waals surface area contributed by atoms with E-state index in [0.29, 0.717) is 13.2 Å². The summed E-state index contributed by atoms with van der Waals surface area (Å²) >= 11 is 0. The van der Waals surface area contributed by atoms with Crippen molar-refractivity contribution in [3.05, 3.63) is 12.7 Å². The van der Waals surface area contributed by atoms with Crippen LogP contribution < -0.4 is 0 Å². The van der Waals surface area contributed by atoms with Crippen LogP contribution in [0.15, 0.2) is 12.7 Å². The lowest BCUT2D eigenvalue weighted by Gasteiger charge is -2.21. The summed E-state index contributed by atoms with van der Waals surface area (Å²) in [7, 11) is 0. The topological polar surface area (TPSA) is 44.8 Å². The molecule has 4 nitrogen and oxygen atoms in total. The molecule has 0 saturated heterocycles. The molecule has 0 rings (SSSR count). The molecule has 0 aromatic rings. The molecule has 0 aliphatic heterocycles. The lowest BCUT2D eigenvalue weighted by molar-refractivity contribution is -0.160. The second-order valence-electron chi connectivity index (χ2n) is 3.73. The summed E-state index contributed by atoms with van der Waals surface area (Å²) in [4.78, 5) is 11.4. The number of carbonyl (C=O) groups excluding carboxylic acids is 1. The first-order valence-electron chi connectivity index (χ1n) is 4.98. The van der Waals surface area contributed by atoms with Gasteiger partial charge in [0.1, 0.15) is 6.79 Å². The van der Waals surface area contributed by atoms with Crippen LogP contribution in [0, 0.1) is 5.41 Å². The second kappa shape index (κ2) is 7.43. The van der Waals surface area contributed by atoms with Gasteiger partial charge in [0, 0.05) is 0 Å². The van der Waals surface area contributed by atoms with Crippen molar-refractivity contribution < 1.29 is 19.0 Å². The third-order valence-corrected chi connectivity index (χ3v) is 1.69. The fourth-order valence-corrected chi connectivity index (χ4v) is 0.873. The molecule has 0 radical (unpaired) electrons. The molecule has 0 heterocycles. The summed E-state index contributed by atoms with van der Waals surface area (Å²) < 4.78 is 15.1. The Balaban J connectivity index is 3.72. The quantitative estimate of drug-likeness (QED) is 0.268. The molecule has 0 bridgehead atoms. The molecule has 0 saturated carbocycles. The second-order valence-corrected chi connectivity index (χ2v) is 3.73. The van der Waals surface area contributed by atoms with Gasteiger partial charge in [0.15, 0.2) is 0 Å². The van der Waals surface area contributed by atoms with Crippen LogP contribution >= 0.6 is 0 Å². The van der Waals surface area contributed by atoms with Crippen LogP contribution in [0.1, 0.15) is 20.8 Å². The Kier molecular flexibility index (Phi) is 6.99. The van der Waals surface area contributed by atoms with Gasteiger partial charge in [0.25, 0.3) is 0 Å². The van der Waals surface area contributed by atoms with E-state index in [-0.39, 0.29) is 19.4 Å². The van der Waals surface area contributed by atoms with E-state index in [4.69, 9.17) is 14.2 Å². The average Bonchev–Trinajstić information content (AvgIpc) is 2.18. The normalized spacial score (nSPS) is 11.1. The Morgan fingerprint density at radius 2 is 2.07 bits per heavy atom. The van der Waals surface area contributed by atoms with Crippen molar-refractivity contribution in [3.63, 3.8) is 0 Å². The number of hydrogen-bond acceptors (Lipinski definition) is 4. The molecule has 0 fully saturated rings. The predicted molar refractivity (Wildman–Crippen MR) is 57.4 cm³/mol. The molecule has 0 amide bonds. The maximum absolute atomic E-state index is 11.4. The molecule has 4 heteroatoms. The lowest BCUT2D eigenvalue weighted by atomic mass is 9.95. The van der Waals surface area contributed by atoms with E-state index >= 15 is 0 Å². The van der Waals surface area contributed by atoms with Crippen LogP contribution in [0.25, 0.3) is 0 Å². The van der Waals surface area contributed by atoms with E-state index in [0.717, 1.165) is 0 Å². The molecule has 0 unspecified atom stereocenters. The number of rotatable bonds is 8. The highest BCUT2D eigenvalue weighted by atomic mass is 16.7. The van der Waals surface area contributed by atoms with Crippen molar-refractivity contribution >= 4 is 5.97 Å². The number of carbonyl (C=O) groups is 1. The third-order valence-electron chi connectivity index (χ3n) is 1.69. The van der Waals surface area contributed by atoms with Gasteiger partial charge >= 0.3 is 5.97 Å². The molecular weight excluding hydrogens is 196 g/mol. The van der Waals surface area contributed by atoms with E-state index in [2.05, 4.69) is 6.58 Å². The maximum Gasteiger partial charge on any atom is 0.313 e. The minimum atomic E-state index is -0.631. The van der Waals surface area contributed by atoms with Gasteiger partial charge in [-0.1, -0.05) is 6.08 Å². The zero-order valence-corrected chi connectivity index (χ0v) is 9.75. The Morgan fingerprint density at radius 3 is 2.60 bits per heavy atom. The van der Waals surface area contributed by atoms with E-state index in [9.17, 15) is 4.79 Å². The van der Waals surface area contributed by atoms with Gasteiger partial charge in [-0.25, -0.2) is 0 Å². The van der Waals surface area contributed by atoms with E-state index < -0.39 is 5.41 Å². The Hall–Kier alpha value is -0.870. The van der Waals surface area contributed by atoms with Gasteiger partial charge in [0.05, 0.1) is 25.2 Å². The first-order chi connectivity index (χ1) is 7.04. The summed E-state index contributed by atoms with van der Waals surface area (Å²) in [6.45, 7) is 10.1. The van der Waals surface area contributed by atoms with E-state index in [1.54, 1.807) is 26.8 Å². The molecule has 0 aromatic carbocycles. The maximum atomic E-state index is 11.4. The largest absolute Gasteiger partial charge is 0.466 e. The fraction of sp³-hybridized carbons (Fsp3) is 0.727. The van der Waals surface area contributed by atoms with E-state index in [1.807, 2.05) is 0 Å². The van der Waals surface area contributed by atoms with Crippen molar-refractivity contribution in [3.8, 4) is 0 Å². The number of esters is 1. The van der Waals surface area contributed by atoms with Crippen molar-refractivity contribution in [2.24, 2.45) is 5.41 Å². The first kappa shape index (κ1) is 14.1. The minimum Gasteiger partial charge on any atom is -0.466 e. The summed E-state index contributed by atoms with van der Waals surface area (Å²) in [5.74, 6) is -0.256. The molecule has 0 aromatic heterocycles. The molecule has 15 heavy (non-hydrogen) atoms. The van der Waals surface area contributed by atoms with Gasteiger partial charge in [-0.05, 0) is 20.8 Å². The van der Waals surface area contributed by atoms with E-state index in [1.165, 1.54) is 0 Å². The van der Waals surface area contributed by atoms with Crippen molar-refractivity contribution in [2.75, 3.05) is 26.6 Å². The minimum absolute atomic E-state index is 0.162. The Morgan fingerprint density at radius 1 is 1.40 bits per heavy atom. The SMILES string of the molecule is C=CCOCOCC(C)(C)C(=O)OCC. The van der Waals surface area contributed by atoms with Crippen LogP contribution in [-0.4, -0.2) is 32.6 Å². The highest BCUT2D eigenvalue weighted by molar-refractivity contribution is 5.76. The third kappa shape index (κ3) is 6.25. The molecule has 0 spiro atoms. The zero-order chi connectivity index (χ0) is 11.7. The molecular formula is C11H20O4. The van der Waals surface area contributed by atoms with Crippen LogP contribution in [0.4, 0.5) is 0 Å². The van der Waals surface area contributed by atoms with Gasteiger partial charge < -0.3 is 14.2 Å². The first-order valence-corrected chi connectivity index (χ1v) is 4.98. The number of ether oxygens (including phenoxy) is 3. The fourth-order valence-electron chi connectivity index (χ4n) is 0.873. The van der Waals surface area contributed by atoms with Crippen molar-refractivity contribution in [2.45, 2.75) is 20.8 Å². The van der Waals surface area contributed by atoms with Crippen LogP contribution in [-0.2, 0) is 19.0 Å². The smallest absolute Gasteiger partial charge is 0.313 e. The van der Waals surface area contributed by atoms with Gasteiger partial charge in [0.2, 0.25) is 0 Å². The van der Waals surface area contributed by atoms with Gasteiger partial charge in [-0.15, -0.1) is 6.58 Å². The lowest BCUT2D eigenvalue weighted by Crippen LogP contribution is -2.32. The molecule has 88 valence electrons. The molecule has 0 aliphatic rings. The highest BCUT2D eigenvalue weighted by Crippen LogP contribution is 2.17. The molecule has 0 N–H and O–H groups in total. The van der Waals surface area contributed by atoms with Crippen molar-refractivity contribution in [1.29, 1.82) is 0 Å². The predicted octanol–water partition coefficient (Wildman–Crippen LogP) is 1.75. The number of hydrogen-bond donors (Lipinski definition) is 0. The van der Waals surface area contributed by atoms with Crippen LogP contribution in [0.3, 0.4) is 0 Å². The van der Waals surface area contributed by atoms with Crippen molar-refractivity contribution in [1.82, 2.24) is 0 Å². The Labute approximate surface area is 91.2 Å². The molecule has 0 aliphatic carbocycles. The summed E-state index contributed by atoms with van der Waals surface area (Å²) in [5.41, 5.74) is -0.631.